The number of nitrogens with one attached hydrogen (secondary N) is 2. The molecule has 0 bridgehead atoms. The molecule has 108 valence electrons. The fraction of sp³-hybridized carbons (Fsp3) is 0.250. The molecule has 1 heterocycles. The summed E-state index contributed by atoms with van der Waals surface area (Å²) in [5.74, 6) is 0. The number of sulfonamides is 1. The van der Waals surface area contributed by atoms with Gasteiger partial charge in [-0.3, -0.25) is 0 Å². The van der Waals surface area contributed by atoms with E-state index in [4.69, 9.17) is 5.73 Å². The highest BCUT2D eigenvalue weighted by atomic mass is 32.2. The zero-order valence-electron chi connectivity index (χ0n) is 11.2. The molecule has 0 aliphatic rings. The molecule has 0 aliphatic heterocycles. The van der Waals surface area contributed by atoms with Crippen molar-refractivity contribution in [1.29, 1.82) is 0 Å². The SMILES string of the molecule is CNS(=O)(=O)c1cc(N)ccc1NCc1nc(C)cs1. The van der Waals surface area contributed by atoms with Gasteiger partial charge in [-0.2, -0.15) is 0 Å². The van der Waals surface area contributed by atoms with Gasteiger partial charge < -0.3 is 11.1 Å². The Morgan fingerprint density at radius 2 is 2.15 bits per heavy atom. The first-order valence-corrected chi connectivity index (χ1v) is 8.26. The molecule has 2 aromatic rings. The van der Waals surface area contributed by atoms with Gasteiger partial charge in [0, 0.05) is 16.8 Å². The lowest BCUT2D eigenvalue weighted by Gasteiger charge is -2.12. The van der Waals surface area contributed by atoms with Crippen LogP contribution < -0.4 is 15.8 Å². The standard InChI is InChI=1S/C12H16N4O2S2/c1-8-7-19-12(16-8)6-15-10-4-3-9(13)5-11(10)20(17,18)14-2/h3-5,7,14-15H,6,13H2,1-2H3. The molecule has 0 saturated carbocycles. The maximum absolute atomic E-state index is 12.0. The third kappa shape index (κ3) is 3.27. The van der Waals surface area contributed by atoms with Gasteiger partial charge in [0.15, 0.2) is 0 Å². The van der Waals surface area contributed by atoms with Crippen LogP contribution in [0.1, 0.15) is 10.7 Å². The van der Waals surface area contributed by atoms with Crippen LogP contribution in [0.2, 0.25) is 0 Å². The van der Waals surface area contributed by atoms with Crippen LogP contribution in [0.25, 0.3) is 0 Å². The van der Waals surface area contributed by atoms with Crippen LogP contribution in [0.3, 0.4) is 0 Å². The minimum atomic E-state index is -3.56. The second-order valence-corrected chi connectivity index (χ2v) is 7.00. The van der Waals surface area contributed by atoms with Crippen LogP contribution in [0, 0.1) is 6.92 Å². The summed E-state index contributed by atoms with van der Waals surface area (Å²) >= 11 is 1.53. The minimum Gasteiger partial charge on any atom is -0.399 e. The summed E-state index contributed by atoms with van der Waals surface area (Å²) < 4.78 is 26.2. The van der Waals surface area contributed by atoms with Crippen LogP contribution in [0.5, 0.6) is 0 Å². The van der Waals surface area contributed by atoms with E-state index in [1.54, 1.807) is 12.1 Å². The zero-order valence-corrected chi connectivity index (χ0v) is 12.8. The molecule has 8 heteroatoms. The van der Waals surface area contributed by atoms with Crippen molar-refractivity contribution in [3.05, 3.63) is 34.3 Å². The van der Waals surface area contributed by atoms with Crippen molar-refractivity contribution in [3.63, 3.8) is 0 Å². The van der Waals surface area contributed by atoms with E-state index < -0.39 is 10.0 Å². The van der Waals surface area contributed by atoms with Crippen molar-refractivity contribution in [2.75, 3.05) is 18.1 Å². The maximum atomic E-state index is 12.0. The molecule has 2 rings (SSSR count). The van der Waals surface area contributed by atoms with Gasteiger partial charge in [0.05, 0.1) is 12.2 Å². The first-order valence-electron chi connectivity index (χ1n) is 5.90. The predicted molar refractivity (Wildman–Crippen MR) is 81.3 cm³/mol. The molecule has 0 atom stereocenters. The van der Waals surface area contributed by atoms with Crippen molar-refractivity contribution >= 4 is 32.7 Å². The Labute approximate surface area is 122 Å². The molecular formula is C12H16N4O2S2. The third-order valence-electron chi connectivity index (χ3n) is 2.66. The summed E-state index contributed by atoms with van der Waals surface area (Å²) in [6.07, 6.45) is 0. The minimum absolute atomic E-state index is 0.133. The quantitative estimate of drug-likeness (QED) is 0.728. The molecule has 1 aromatic carbocycles. The second-order valence-electron chi connectivity index (χ2n) is 4.20. The molecule has 1 aromatic heterocycles. The van der Waals surface area contributed by atoms with Crippen LogP contribution in [0.4, 0.5) is 11.4 Å². The summed E-state index contributed by atoms with van der Waals surface area (Å²) in [4.78, 5) is 4.45. The molecule has 0 aliphatic carbocycles. The Kier molecular flexibility index (Phi) is 4.26. The lowest BCUT2D eigenvalue weighted by Crippen LogP contribution is -2.20. The summed E-state index contributed by atoms with van der Waals surface area (Å²) in [6.45, 7) is 2.38. The van der Waals surface area contributed by atoms with Crippen LogP contribution in [-0.2, 0) is 16.6 Å². The fourth-order valence-electron chi connectivity index (χ4n) is 1.67. The van der Waals surface area contributed by atoms with E-state index in [0.717, 1.165) is 10.7 Å². The average Bonchev–Trinajstić information content (AvgIpc) is 2.83. The monoisotopic (exact) mass is 312 g/mol. The first-order chi connectivity index (χ1) is 9.42. The normalized spacial score (nSPS) is 11.5. The van der Waals surface area contributed by atoms with Gasteiger partial charge in [-0.15, -0.1) is 11.3 Å². The van der Waals surface area contributed by atoms with Gasteiger partial charge >= 0.3 is 0 Å². The van der Waals surface area contributed by atoms with Gasteiger partial charge in [0.25, 0.3) is 0 Å². The van der Waals surface area contributed by atoms with Crippen molar-refractivity contribution in [1.82, 2.24) is 9.71 Å². The Balaban J connectivity index is 2.27. The number of nitrogen functional groups attached to an aromatic ring is 1. The zero-order chi connectivity index (χ0) is 14.8. The van der Waals surface area contributed by atoms with Gasteiger partial charge in [-0.05, 0) is 32.2 Å². The Morgan fingerprint density at radius 3 is 2.75 bits per heavy atom. The number of rotatable bonds is 5. The number of anilines is 2. The lowest BCUT2D eigenvalue weighted by atomic mass is 10.3. The van der Waals surface area contributed by atoms with Gasteiger partial charge in [0.2, 0.25) is 10.0 Å². The highest BCUT2D eigenvalue weighted by molar-refractivity contribution is 7.89. The highest BCUT2D eigenvalue weighted by Gasteiger charge is 2.17. The van der Waals surface area contributed by atoms with Crippen molar-refractivity contribution in [2.24, 2.45) is 0 Å². The van der Waals surface area contributed by atoms with E-state index in [1.165, 1.54) is 24.5 Å². The molecule has 0 fully saturated rings. The Hall–Kier alpha value is -1.64. The number of benzene rings is 1. The molecule has 0 spiro atoms. The molecule has 4 N–H and O–H groups in total. The largest absolute Gasteiger partial charge is 0.399 e. The molecule has 6 nitrogen and oxygen atoms in total. The molecule has 0 radical (unpaired) electrons. The molecular weight excluding hydrogens is 296 g/mol. The highest BCUT2D eigenvalue weighted by Crippen LogP contribution is 2.24. The predicted octanol–water partition coefficient (Wildman–Crippen LogP) is 1.55. The first kappa shape index (κ1) is 14.8. The number of nitrogens with zero attached hydrogens (tertiary/aromatic N) is 1. The molecule has 20 heavy (non-hydrogen) atoms. The number of aryl methyl sites for hydroxylation is 1. The number of nitrogens with two attached hydrogens (primary N) is 1. The van der Waals surface area contributed by atoms with Crippen molar-refractivity contribution in [3.8, 4) is 0 Å². The van der Waals surface area contributed by atoms with Gasteiger partial charge in [0.1, 0.15) is 9.90 Å². The average molecular weight is 312 g/mol. The number of hydrogen-bond acceptors (Lipinski definition) is 6. The van der Waals surface area contributed by atoms with E-state index in [0.29, 0.717) is 17.9 Å². The van der Waals surface area contributed by atoms with Gasteiger partial charge in [-0.1, -0.05) is 0 Å². The van der Waals surface area contributed by atoms with Crippen LogP contribution in [0.15, 0.2) is 28.5 Å². The molecule has 0 unspecified atom stereocenters. The van der Waals surface area contributed by atoms with Crippen LogP contribution in [-0.4, -0.2) is 20.4 Å². The Morgan fingerprint density at radius 1 is 1.40 bits per heavy atom. The molecule has 0 amide bonds. The van der Waals surface area contributed by atoms with Crippen molar-refractivity contribution in [2.45, 2.75) is 18.4 Å². The van der Waals surface area contributed by atoms with E-state index in [1.807, 2.05) is 12.3 Å². The number of hydrogen-bond donors (Lipinski definition) is 3. The summed E-state index contributed by atoms with van der Waals surface area (Å²) in [5, 5.41) is 5.93. The lowest BCUT2D eigenvalue weighted by molar-refractivity contribution is 0.588. The topological polar surface area (TPSA) is 97.1 Å². The smallest absolute Gasteiger partial charge is 0.242 e. The van der Waals surface area contributed by atoms with E-state index in [9.17, 15) is 8.42 Å². The summed E-state index contributed by atoms with van der Waals surface area (Å²) in [5.41, 5.74) is 7.51. The van der Waals surface area contributed by atoms with Crippen LogP contribution >= 0.6 is 11.3 Å². The number of aromatic nitrogens is 1. The number of thiazole rings is 1. The van der Waals surface area contributed by atoms with E-state index in [-0.39, 0.29) is 4.90 Å². The maximum Gasteiger partial charge on any atom is 0.242 e. The van der Waals surface area contributed by atoms with Crippen molar-refractivity contribution < 1.29 is 8.42 Å². The fourth-order valence-corrected chi connectivity index (χ4v) is 3.32. The summed E-state index contributed by atoms with van der Waals surface area (Å²) in [7, 11) is -2.19. The van der Waals surface area contributed by atoms with E-state index in [2.05, 4.69) is 15.0 Å². The Bertz CT molecular complexity index is 710. The van der Waals surface area contributed by atoms with E-state index >= 15 is 0 Å². The van der Waals surface area contributed by atoms with Gasteiger partial charge in [-0.25, -0.2) is 18.1 Å². The summed E-state index contributed by atoms with van der Waals surface area (Å²) in [6, 6.07) is 4.74. The third-order valence-corrected chi connectivity index (χ3v) is 5.08. The second kappa shape index (κ2) is 5.78. The molecule has 0 saturated heterocycles.